The van der Waals surface area contributed by atoms with E-state index in [9.17, 15) is 14.4 Å². The van der Waals surface area contributed by atoms with E-state index in [0.717, 1.165) is 33.7 Å². The molecule has 0 unspecified atom stereocenters. The molecule has 0 aliphatic heterocycles. The first-order valence-corrected chi connectivity index (χ1v) is 10.9. The van der Waals surface area contributed by atoms with Gasteiger partial charge < -0.3 is 16.0 Å². The SMILES string of the molecule is Cc1cc(NC(=O)CNC(=O)c2cc3ccccc3cc2NC(=O)C2CC2)ccc1Br. The van der Waals surface area contributed by atoms with Gasteiger partial charge in [-0.05, 0) is 66.4 Å². The second kappa shape index (κ2) is 8.89. The van der Waals surface area contributed by atoms with Crippen LogP contribution in [0.5, 0.6) is 0 Å². The smallest absolute Gasteiger partial charge is 0.253 e. The normalized spacial score (nSPS) is 13.0. The van der Waals surface area contributed by atoms with E-state index in [4.69, 9.17) is 0 Å². The van der Waals surface area contributed by atoms with Crippen molar-refractivity contribution in [1.82, 2.24) is 5.32 Å². The molecule has 158 valence electrons. The topological polar surface area (TPSA) is 87.3 Å². The third kappa shape index (κ3) is 5.11. The van der Waals surface area contributed by atoms with Crippen LogP contribution in [0, 0.1) is 12.8 Å². The van der Waals surface area contributed by atoms with Crippen LogP contribution < -0.4 is 16.0 Å². The summed E-state index contributed by atoms with van der Waals surface area (Å²) in [7, 11) is 0. The molecule has 6 nitrogen and oxygen atoms in total. The first-order chi connectivity index (χ1) is 14.9. The monoisotopic (exact) mass is 479 g/mol. The lowest BCUT2D eigenvalue weighted by Gasteiger charge is -2.13. The third-order valence-corrected chi connectivity index (χ3v) is 6.08. The highest BCUT2D eigenvalue weighted by Crippen LogP contribution is 2.32. The summed E-state index contributed by atoms with van der Waals surface area (Å²) < 4.78 is 0.955. The Kier molecular flexibility index (Phi) is 6.04. The minimum atomic E-state index is -0.418. The molecule has 3 aromatic carbocycles. The molecule has 3 amide bonds. The number of nitrogens with one attached hydrogen (secondary N) is 3. The minimum Gasteiger partial charge on any atom is -0.343 e. The molecule has 1 fully saturated rings. The average Bonchev–Trinajstić information content (AvgIpc) is 3.60. The maximum absolute atomic E-state index is 12.9. The number of anilines is 2. The summed E-state index contributed by atoms with van der Waals surface area (Å²) in [6.07, 6.45) is 1.74. The van der Waals surface area contributed by atoms with Crippen molar-refractivity contribution in [2.45, 2.75) is 19.8 Å². The largest absolute Gasteiger partial charge is 0.343 e. The quantitative estimate of drug-likeness (QED) is 0.481. The molecule has 4 rings (SSSR count). The number of rotatable bonds is 6. The van der Waals surface area contributed by atoms with Gasteiger partial charge in [0, 0.05) is 16.1 Å². The summed E-state index contributed by atoms with van der Waals surface area (Å²) in [5.41, 5.74) is 2.44. The van der Waals surface area contributed by atoms with Crippen molar-refractivity contribution in [3.63, 3.8) is 0 Å². The fourth-order valence-corrected chi connectivity index (χ4v) is 3.54. The highest BCUT2D eigenvalue weighted by molar-refractivity contribution is 9.10. The van der Waals surface area contributed by atoms with Crippen LogP contribution in [0.1, 0.15) is 28.8 Å². The number of aryl methyl sites for hydroxylation is 1. The van der Waals surface area contributed by atoms with Gasteiger partial charge in [0.1, 0.15) is 0 Å². The Morgan fingerprint density at radius 3 is 2.35 bits per heavy atom. The lowest BCUT2D eigenvalue weighted by atomic mass is 10.0. The molecule has 0 aromatic heterocycles. The van der Waals surface area contributed by atoms with Crippen LogP contribution in [0.4, 0.5) is 11.4 Å². The summed E-state index contributed by atoms with van der Waals surface area (Å²) in [4.78, 5) is 37.5. The predicted molar refractivity (Wildman–Crippen MR) is 125 cm³/mol. The highest BCUT2D eigenvalue weighted by Gasteiger charge is 2.30. The van der Waals surface area contributed by atoms with Gasteiger partial charge in [-0.3, -0.25) is 14.4 Å². The molecule has 3 N–H and O–H groups in total. The van der Waals surface area contributed by atoms with Gasteiger partial charge in [-0.1, -0.05) is 40.2 Å². The number of benzene rings is 3. The maximum atomic E-state index is 12.9. The molecule has 0 spiro atoms. The second-order valence-electron chi connectivity index (χ2n) is 7.70. The molecule has 0 heterocycles. The average molecular weight is 480 g/mol. The second-order valence-corrected chi connectivity index (χ2v) is 8.56. The molecule has 0 saturated heterocycles. The first kappa shape index (κ1) is 21.1. The highest BCUT2D eigenvalue weighted by atomic mass is 79.9. The Morgan fingerprint density at radius 2 is 1.68 bits per heavy atom. The molecule has 0 radical (unpaired) electrons. The number of carbonyl (C=O) groups is 3. The van der Waals surface area contributed by atoms with Gasteiger partial charge >= 0.3 is 0 Å². The number of fused-ring (bicyclic) bond motifs is 1. The lowest BCUT2D eigenvalue weighted by Crippen LogP contribution is -2.33. The molecule has 0 atom stereocenters. The van der Waals surface area contributed by atoms with Gasteiger partial charge in [-0.15, -0.1) is 0 Å². The van der Waals surface area contributed by atoms with Crippen molar-refractivity contribution in [1.29, 1.82) is 0 Å². The van der Waals surface area contributed by atoms with E-state index in [1.165, 1.54) is 0 Å². The maximum Gasteiger partial charge on any atom is 0.253 e. The summed E-state index contributed by atoms with van der Waals surface area (Å²) in [6.45, 7) is 1.75. The number of hydrogen-bond donors (Lipinski definition) is 3. The molecule has 0 bridgehead atoms. The molecule has 31 heavy (non-hydrogen) atoms. The van der Waals surface area contributed by atoms with Crippen LogP contribution in [-0.4, -0.2) is 24.3 Å². The van der Waals surface area contributed by atoms with E-state index in [0.29, 0.717) is 16.9 Å². The van der Waals surface area contributed by atoms with Gasteiger partial charge in [0.05, 0.1) is 17.8 Å². The van der Waals surface area contributed by atoms with Gasteiger partial charge in [0.25, 0.3) is 5.91 Å². The predicted octanol–water partition coefficient (Wildman–Crippen LogP) is 4.63. The van der Waals surface area contributed by atoms with Crippen molar-refractivity contribution >= 4 is 55.8 Å². The van der Waals surface area contributed by atoms with E-state index in [1.54, 1.807) is 18.2 Å². The van der Waals surface area contributed by atoms with Crippen molar-refractivity contribution in [3.05, 3.63) is 70.2 Å². The van der Waals surface area contributed by atoms with E-state index < -0.39 is 5.91 Å². The fraction of sp³-hybridized carbons (Fsp3) is 0.208. The van der Waals surface area contributed by atoms with Crippen molar-refractivity contribution in [3.8, 4) is 0 Å². The molecule has 7 heteroatoms. The van der Waals surface area contributed by atoms with Gasteiger partial charge in [-0.2, -0.15) is 0 Å². The van der Waals surface area contributed by atoms with E-state index in [1.807, 2.05) is 43.3 Å². The zero-order chi connectivity index (χ0) is 22.0. The van der Waals surface area contributed by atoms with Crippen LogP contribution in [0.3, 0.4) is 0 Å². The molecule has 1 aliphatic rings. The van der Waals surface area contributed by atoms with Crippen LogP contribution in [0.25, 0.3) is 10.8 Å². The minimum absolute atomic E-state index is 0.0162. The Hall–Kier alpha value is -3.19. The Labute approximate surface area is 188 Å². The summed E-state index contributed by atoms with van der Waals surface area (Å²) in [6, 6.07) is 16.7. The van der Waals surface area contributed by atoms with Crippen LogP contribution >= 0.6 is 15.9 Å². The lowest BCUT2D eigenvalue weighted by molar-refractivity contribution is -0.117. The van der Waals surface area contributed by atoms with Crippen LogP contribution in [-0.2, 0) is 9.59 Å². The Morgan fingerprint density at radius 1 is 0.968 bits per heavy atom. The molecule has 1 aliphatic carbocycles. The van der Waals surface area contributed by atoms with Crippen molar-refractivity contribution in [2.24, 2.45) is 5.92 Å². The zero-order valence-electron chi connectivity index (χ0n) is 17.0. The summed E-state index contributed by atoms with van der Waals surface area (Å²) in [5, 5.41) is 10.1. The van der Waals surface area contributed by atoms with Crippen molar-refractivity contribution < 1.29 is 14.4 Å². The van der Waals surface area contributed by atoms with Crippen LogP contribution in [0.2, 0.25) is 0 Å². The van der Waals surface area contributed by atoms with E-state index >= 15 is 0 Å². The number of amides is 3. The molecular weight excluding hydrogens is 458 g/mol. The van der Waals surface area contributed by atoms with Crippen LogP contribution in [0.15, 0.2) is 59.1 Å². The summed E-state index contributed by atoms with van der Waals surface area (Å²) >= 11 is 3.43. The van der Waals surface area contributed by atoms with Crippen molar-refractivity contribution in [2.75, 3.05) is 17.2 Å². The third-order valence-electron chi connectivity index (χ3n) is 5.19. The standard InChI is InChI=1S/C24H22BrN3O3/c1-14-10-18(8-9-20(14)25)27-22(29)13-26-24(31)19-11-16-4-2-3-5-17(16)12-21(19)28-23(30)15-6-7-15/h2-5,8-12,15H,6-7,13H2,1H3,(H,26,31)(H,27,29)(H,28,30). The number of halogens is 1. The van der Waals surface area contributed by atoms with E-state index in [-0.39, 0.29) is 24.3 Å². The molecular formula is C24H22BrN3O3. The first-order valence-electron chi connectivity index (χ1n) is 10.1. The summed E-state index contributed by atoms with van der Waals surface area (Å²) in [5.74, 6) is -0.811. The number of hydrogen-bond acceptors (Lipinski definition) is 3. The van der Waals surface area contributed by atoms with Gasteiger partial charge in [0.15, 0.2) is 0 Å². The zero-order valence-corrected chi connectivity index (χ0v) is 18.6. The number of carbonyl (C=O) groups excluding carboxylic acids is 3. The molecule has 1 saturated carbocycles. The van der Waals surface area contributed by atoms with Gasteiger partial charge in [-0.25, -0.2) is 0 Å². The Bertz CT molecular complexity index is 1190. The van der Waals surface area contributed by atoms with E-state index in [2.05, 4.69) is 31.9 Å². The molecule has 3 aromatic rings. The van der Waals surface area contributed by atoms with Gasteiger partial charge in [0.2, 0.25) is 11.8 Å². The fourth-order valence-electron chi connectivity index (χ4n) is 3.30. The Balaban J connectivity index is 1.48.